The molecule has 1 unspecified atom stereocenters. The molecule has 1 aliphatic rings. The van der Waals surface area contributed by atoms with Crippen molar-refractivity contribution in [1.29, 1.82) is 0 Å². The van der Waals surface area contributed by atoms with E-state index in [1.54, 1.807) is 0 Å². The predicted molar refractivity (Wildman–Crippen MR) is 74.7 cm³/mol. The summed E-state index contributed by atoms with van der Waals surface area (Å²) in [6.07, 6.45) is 5.19. The van der Waals surface area contributed by atoms with Gasteiger partial charge in [0.05, 0.1) is 0 Å². The molecule has 3 heteroatoms. The van der Waals surface area contributed by atoms with E-state index in [0.717, 1.165) is 25.1 Å². The average molecular weight is 246 g/mol. The zero-order valence-corrected chi connectivity index (χ0v) is 11.0. The number of anilines is 1. The first-order valence-electron chi connectivity index (χ1n) is 6.90. The molecule has 98 valence electrons. The van der Waals surface area contributed by atoms with Crippen LogP contribution in [0.3, 0.4) is 0 Å². The molecule has 1 atom stereocenters. The van der Waals surface area contributed by atoms with Gasteiger partial charge in [0.15, 0.2) is 0 Å². The van der Waals surface area contributed by atoms with Crippen LogP contribution in [0, 0.1) is 0 Å². The van der Waals surface area contributed by atoms with Gasteiger partial charge in [-0.15, -0.1) is 0 Å². The van der Waals surface area contributed by atoms with Gasteiger partial charge in [-0.3, -0.25) is 4.79 Å². The van der Waals surface area contributed by atoms with Crippen LogP contribution in [0.2, 0.25) is 0 Å². The van der Waals surface area contributed by atoms with E-state index in [1.165, 1.54) is 18.4 Å². The fourth-order valence-electron chi connectivity index (χ4n) is 2.36. The van der Waals surface area contributed by atoms with Crippen molar-refractivity contribution in [1.82, 2.24) is 5.32 Å². The van der Waals surface area contributed by atoms with Crippen LogP contribution in [0.1, 0.15) is 38.2 Å². The van der Waals surface area contributed by atoms with Crippen molar-refractivity contribution in [2.75, 3.05) is 11.9 Å². The van der Waals surface area contributed by atoms with Gasteiger partial charge in [-0.1, -0.05) is 25.5 Å². The molecule has 1 aliphatic heterocycles. The molecule has 1 amide bonds. The molecule has 2 rings (SSSR count). The third-order valence-corrected chi connectivity index (χ3v) is 3.49. The Bertz CT molecular complexity index is 380. The average Bonchev–Trinajstić information content (AvgIpc) is 2.40. The number of hydrogen-bond donors (Lipinski definition) is 2. The molecule has 0 radical (unpaired) electrons. The second kappa shape index (κ2) is 6.55. The summed E-state index contributed by atoms with van der Waals surface area (Å²) in [5, 5.41) is 6.35. The Hall–Kier alpha value is -1.35. The van der Waals surface area contributed by atoms with Gasteiger partial charge in [0.25, 0.3) is 0 Å². The third kappa shape index (κ3) is 3.84. The van der Waals surface area contributed by atoms with E-state index < -0.39 is 0 Å². The van der Waals surface area contributed by atoms with E-state index in [9.17, 15) is 4.79 Å². The van der Waals surface area contributed by atoms with E-state index in [-0.39, 0.29) is 5.91 Å². The fourth-order valence-corrected chi connectivity index (χ4v) is 2.36. The van der Waals surface area contributed by atoms with Crippen molar-refractivity contribution in [3.8, 4) is 0 Å². The van der Waals surface area contributed by atoms with Crippen LogP contribution in [0.5, 0.6) is 0 Å². The van der Waals surface area contributed by atoms with Crippen LogP contribution < -0.4 is 10.6 Å². The summed E-state index contributed by atoms with van der Waals surface area (Å²) in [7, 11) is 0. The standard InChI is InChI=1S/C15H22N2O/c1-2-12-6-8-13(9-7-12)17-15(18)11-14-5-3-4-10-16-14/h6-9,14,16H,2-5,10-11H2,1H3,(H,17,18). The lowest BCUT2D eigenvalue weighted by molar-refractivity contribution is -0.116. The summed E-state index contributed by atoms with van der Waals surface area (Å²) in [6.45, 7) is 3.17. The lowest BCUT2D eigenvalue weighted by Gasteiger charge is -2.22. The van der Waals surface area contributed by atoms with Crippen molar-refractivity contribution in [2.45, 2.75) is 45.1 Å². The highest BCUT2D eigenvalue weighted by atomic mass is 16.1. The summed E-state index contributed by atoms with van der Waals surface area (Å²) >= 11 is 0. The topological polar surface area (TPSA) is 41.1 Å². The molecule has 1 saturated heterocycles. The molecule has 0 aliphatic carbocycles. The molecule has 1 aromatic carbocycles. The first-order valence-corrected chi connectivity index (χ1v) is 6.90. The lowest BCUT2D eigenvalue weighted by atomic mass is 10.0. The molecule has 1 heterocycles. The Morgan fingerprint density at radius 1 is 1.33 bits per heavy atom. The first kappa shape index (κ1) is 13.1. The van der Waals surface area contributed by atoms with E-state index in [4.69, 9.17) is 0 Å². The summed E-state index contributed by atoms with van der Waals surface area (Å²) in [6, 6.07) is 8.44. The number of amides is 1. The number of carbonyl (C=O) groups is 1. The highest BCUT2D eigenvalue weighted by molar-refractivity contribution is 5.91. The highest BCUT2D eigenvalue weighted by Crippen LogP contribution is 2.13. The van der Waals surface area contributed by atoms with Crippen LogP contribution in [-0.2, 0) is 11.2 Å². The molecule has 0 bridgehead atoms. The number of rotatable bonds is 4. The van der Waals surface area contributed by atoms with Gasteiger partial charge < -0.3 is 10.6 Å². The molecule has 2 N–H and O–H groups in total. The minimum Gasteiger partial charge on any atom is -0.326 e. The third-order valence-electron chi connectivity index (χ3n) is 3.49. The summed E-state index contributed by atoms with van der Waals surface area (Å²) in [5.74, 6) is 0.110. The van der Waals surface area contributed by atoms with Crippen LogP contribution in [-0.4, -0.2) is 18.5 Å². The fraction of sp³-hybridized carbons (Fsp3) is 0.533. The molecule has 1 fully saturated rings. The maximum atomic E-state index is 11.9. The van der Waals surface area contributed by atoms with E-state index in [0.29, 0.717) is 12.5 Å². The minimum atomic E-state index is 0.110. The molecular weight excluding hydrogens is 224 g/mol. The summed E-state index contributed by atoms with van der Waals surface area (Å²) in [5.41, 5.74) is 2.19. The molecule has 1 aromatic rings. The second-order valence-electron chi connectivity index (χ2n) is 4.95. The monoisotopic (exact) mass is 246 g/mol. The zero-order valence-electron chi connectivity index (χ0n) is 11.0. The predicted octanol–water partition coefficient (Wildman–Crippen LogP) is 2.72. The number of benzene rings is 1. The number of piperidine rings is 1. The van der Waals surface area contributed by atoms with Gasteiger partial charge >= 0.3 is 0 Å². The molecule has 18 heavy (non-hydrogen) atoms. The van der Waals surface area contributed by atoms with E-state index >= 15 is 0 Å². The molecular formula is C15H22N2O. The van der Waals surface area contributed by atoms with Crippen molar-refractivity contribution in [3.63, 3.8) is 0 Å². The zero-order chi connectivity index (χ0) is 12.8. The van der Waals surface area contributed by atoms with Gasteiger partial charge in [0, 0.05) is 18.2 Å². The Balaban J connectivity index is 1.82. The van der Waals surface area contributed by atoms with Crippen molar-refractivity contribution >= 4 is 11.6 Å². The Labute approximate surface area is 109 Å². The second-order valence-corrected chi connectivity index (χ2v) is 4.95. The molecule has 0 spiro atoms. The van der Waals surface area contributed by atoms with Crippen LogP contribution in [0.25, 0.3) is 0 Å². The largest absolute Gasteiger partial charge is 0.326 e. The van der Waals surface area contributed by atoms with Crippen LogP contribution >= 0.6 is 0 Å². The van der Waals surface area contributed by atoms with E-state index in [2.05, 4.69) is 29.7 Å². The summed E-state index contributed by atoms with van der Waals surface area (Å²) in [4.78, 5) is 11.9. The van der Waals surface area contributed by atoms with Gasteiger partial charge in [-0.05, 0) is 43.5 Å². The SMILES string of the molecule is CCc1ccc(NC(=O)CC2CCCCN2)cc1. The number of aryl methyl sites for hydroxylation is 1. The van der Waals surface area contributed by atoms with Crippen molar-refractivity contribution in [3.05, 3.63) is 29.8 Å². The smallest absolute Gasteiger partial charge is 0.225 e. The van der Waals surface area contributed by atoms with Crippen LogP contribution in [0.4, 0.5) is 5.69 Å². The van der Waals surface area contributed by atoms with E-state index in [1.807, 2.05) is 12.1 Å². The maximum absolute atomic E-state index is 11.9. The molecule has 0 saturated carbocycles. The Morgan fingerprint density at radius 3 is 2.72 bits per heavy atom. The van der Waals surface area contributed by atoms with Crippen molar-refractivity contribution < 1.29 is 4.79 Å². The van der Waals surface area contributed by atoms with Gasteiger partial charge in [0.2, 0.25) is 5.91 Å². The van der Waals surface area contributed by atoms with Crippen LogP contribution in [0.15, 0.2) is 24.3 Å². The Kier molecular flexibility index (Phi) is 4.76. The van der Waals surface area contributed by atoms with Gasteiger partial charge in [0.1, 0.15) is 0 Å². The quantitative estimate of drug-likeness (QED) is 0.857. The first-order chi connectivity index (χ1) is 8.78. The normalized spacial score (nSPS) is 19.5. The summed E-state index contributed by atoms with van der Waals surface area (Å²) < 4.78 is 0. The maximum Gasteiger partial charge on any atom is 0.225 e. The Morgan fingerprint density at radius 2 is 2.11 bits per heavy atom. The molecule has 0 aromatic heterocycles. The minimum absolute atomic E-state index is 0.110. The van der Waals surface area contributed by atoms with Crippen molar-refractivity contribution in [2.24, 2.45) is 0 Å². The van der Waals surface area contributed by atoms with Gasteiger partial charge in [-0.25, -0.2) is 0 Å². The molecule has 3 nitrogen and oxygen atoms in total. The highest BCUT2D eigenvalue weighted by Gasteiger charge is 2.16. The lowest BCUT2D eigenvalue weighted by Crippen LogP contribution is -2.36. The number of carbonyl (C=O) groups excluding carboxylic acids is 1. The number of nitrogens with one attached hydrogen (secondary N) is 2. The van der Waals surface area contributed by atoms with Gasteiger partial charge in [-0.2, -0.15) is 0 Å². The number of hydrogen-bond acceptors (Lipinski definition) is 2.